The fraction of sp³-hybridized carbons (Fsp3) is 0.941. The van der Waals surface area contributed by atoms with E-state index in [-0.39, 0.29) is 17.4 Å². The molecule has 0 aromatic heterocycles. The highest BCUT2D eigenvalue weighted by Crippen LogP contribution is 2.49. The standard InChI is InChI=1S/C17H33N3O3/c1-5-23-14-11-17(18,16(14,2)3)15(21)19-12-13-7-6-8-20(13)9-10-22-4/h13-14H,5-12,18H2,1-4H3,(H,19,21). The summed E-state index contributed by atoms with van der Waals surface area (Å²) in [6, 6.07) is 0.392. The molecule has 6 heteroatoms. The van der Waals surface area contributed by atoms with Crippen LogP contribution < -0.4 is 11.1 Å². The fourth-order valence-corrected chi connectivity index (χ4v) is 3.82. The number of hydrogen-bond donors (Lipinski definition) is 2. The molecule has 3 N–H and O–H groups in total. The number of amides is 1. The maximum atomic E-state index is 12.7. The van der Waals surface area contributed by atoms with Gasteiger partial charge in [0, 0.05) is 44.7 Å². The Morgan fingerprint density at radius 3 is 2.78 bits per heavy atom. The van der Waals surface area contributed by atoms with Crippen LogP contribution in [0.4, 0.5) is 0 Å². The van der Waals surface area contributed by atoms with Crippen molar-refractivity contribution in [2.75, 3.05) is 40.0 Å². The van der Waals surface area contributed by atoms with E-state index in [1.807, 2.05) is 20.8 Å². The minimum Gasteiger partial charge on any atom is -0.383 e. The van der Waals surface area contributed by atoms with Gasteiger partial charge in [-0.25, -0.2) is 0 Å². The number of ether oxygens (including phenoxy) is 2. The molecule has 1 aliphatic carbocycles. The van der Waals surface area contributed by atoms with Crippen LogP contribution in [0.25, 0.3) is 0 Å². The molecule has 134 valence electrons. The largest absolute Gasteiger partial charge is 0.383 e. The zero-order chi connectivity index (χ0) is 17.1. The van der Waals surface area contributed by atoms with Crippen molar-refractivity contribution in [3.63, 3.8) is 0 Å². The second kappa shape index (κ2) is 7.47. The number of carbonyl (C=O) groups excluding carboxylic acids is 1. The number of methoxy groups -OCH3 is 1. The summed E-state index contributed by atoms with van der Waals surface area (Å²) in [7, 11) is 1.72. The molecule has 0 radical (unpaired) electrons. The van der Waals surface area contributed by atoms with Crippen LogP contribution in [0.15, 0.2) is 0 Å². The molecule has 1 saturated heterocycles. The molecule has 0 spiro atoms. The van der Waals surface area contributed by atoms with Gasteiger partial charge in [-0.1, -0.05) is 13.8 Å². The van der Waals surface area contributed by atoms with Gasteiger partial charge in [0.1, 0.15) is 5.54 Å². The molecule has 6 nitrogen and oxygen atoms in total. The maximum Gasteiger partial charge on any atom is 0.240 e. The van der Waals surface area contributed by atoms with E-state index in [1.165, 1.54) is 6.42 Å². The smallest absolute Gasteiger partial charge is 0.240 e. The Morgan fingerprint density at radius 2 is 2.17 bits per heavy atom. The first kappa shape index (κ1) is 18.6. The monoisotopic (exact) mass is 327 g/mol. The van der Waals surface area contributed by atoms with Crippen LogP contribution in [0, 0.1) is 5.41 Å². The summed E-state index contributed by atoms with van der Waals surface area (Å²) in [4.78, 5) is 15.0. The highest BCUT2D eigenvalue weighted by atomic mass is 16.5. The molecule has 1 saturated carbocycles. The van der Waals surface area contributed by atoms with E-state index in [2.05, 4.69) is 10.2 Å². The Labute approximate surface area is 140 Å². The van der Waals surface area contributed by atoms with Gasteiger partial charge in [-0.15, -0.1) is 0 Å². The predicted octanol–water partition coefficient (Wildman–Crippen LogP) is 0.746. The van der Waals surface area contributed by atoms with E-state index in [0.717, 1.165) is 26.1 Å². The summed E-state index contributed by atoms with van der Waals surface area (Å²) in [5, 5.41) is 3.09. The molecular formula is C17H33N3O3. The SMILES string of the molecule is CCOC1CC(N)(C(=O)NCC2CCCN2CCOC)C1(C)C. The number of rotatable bonds is 8. The topological polar surface area (TPSA) is 76.8 Å². The van der Waals surface area contributed by atoms with Gasteiger partial charge in [-0.2, -0.15) is 0 Å². The van der Waals surface area contributed by atoms with Gasteiger partial charge in [0.15, 0.2) is 0 Å². The Bertz CT molecular complexity index is 416. The minimum atomic E-state index is -0.831. The molecule has 3 atom stereocenters. The summed E-state index contributed by atoms with van der Waals surface area (Å²) in [5.74, 6) is -0.0444. The average Bonchev–Trinajstić information content (AvgIpc) is 2.97. The zero-order valence-corrected chi connectivity index (χ0v) is 15.1. The normalized spacial score (nSPS) is 33.4. The Kier molecular flexibility index (Phi) is 6.05. The van der Waals surface area contributed by atoms with E-state index in [4.69, 9.17) is 15.2 Å². The number of nitrogens with two attached hydrogens (primary N) is 1. The number of nitrogens with one attached hydrogen (secondary N) is 1. The van der Waals surface area contributed by atoms with E-state index in [9.17, 15) is 4.79 Å². The third kappa shape index (κ3) is 3.55. The van der Waals surface area contributed by atoms with Gasteiger partial charge < -0.3 is 20.5 Å². The van der Waals surface area contributed by atoms with Crippen LogP contribution >= 0.6 is 0 Å². The highest BCUT2D eigenvalue weighted by Gasteiger charge is 2.62. The van der Waals surface area contributed by atoms with E-state index in [1.54, 1.807) is 7.11 Å². The van der Waals surface area contributed by atoms with Gasteiger partial charge in [0.25, 0.3) is 0 Å². The van der Waals surface area contributed by atoms with E-state index < -0.39 is 5.54 Å². The van der Waals surface area contributed by atoms with Gasteiger partial charge in [0.05, 0.1) is 12.7 Å². The first-order chi connectivity index (χ1) is 10.9. The lowest BCUT2D eigenvalue weighted by Crippen LogP contribution is -2.76. The molecular weight excluding hydrogens is 294 g/mol. The molecule has 2 rings (SSSR count). The molecule has 1 heterocycles. The second-order valence-electron chi connectivity index (χ2n) is 7.38. The number of hydrogen-bond acceptors (Lipinski definition) is 5. The molecule has 1 amide bonds. The van der Waals surface area contributed by atoms with Crippen molar-refractivity contribution >= 4 is 5.91 Å². The molecule has 0 aromatic carbocycles. The number of carbonyl (C=O) groups is 1. The molecule has 0 aromatic rings. The van der Waals surface area contributed by atoms with Crippen molar-refractivity contribution in [3.8, 4) is 0 Å². The van der Waals surface area contributed by atoms with Crippen LogP contribution in [0.3, 0.4) is 0 Å². The second-order valence-corrected chi connectivity index (χ2v) is 7.38. The molecule has 0 bridgehead atoms. The van der Waals surface area contributed by atoms with Crippen molar-refractivity contribution < 1.29 is 14.3 Å². The van der Waals surface area contributed by atoms with Crippen molar-refractivity contribution in [2.45, 2.75) is 57.7 Å². The van der Waals surface area contributed by atoms with Crippen molar-refractivity contribution in [1.82, 2.24) is 10.2 Å². The third-order valence-electron chi connectivity index (χ3n) is 5.82. The highest BCUT2D eigenvalue weighted by molar-refractivity contribution is 5.88. The molecule has 1 aliphatic heterocycles. The van der Waals surface area contributed by atoms with Crippen LogP contribution in [0.2, 0.25) is 0 Å². The van der Waals surface area contributed by atoms with Crippen molar-refractivity contribution in [2.24, 2.45) is 11.1 Å². The van der Waals surface area contributed by atoms with E-state index in [0.29, 0.717) is 25.6 Å². The fourth-order valence-electron chi connectivity index (χ4n) is 3.82. The Hall–Kier alpha value is -0.690. The molecule has 3 unspecified atom stereocenters. The number of likely N-dealkylation sites (tertiary alicyclic amines) is 1. The minimum absolute atomic E-state index is 0.0444. The van der Waals surface area contributed by atoms with Crippen LogP contribution in [0.1, 0.15) is 40.0 Å². The van der Waals surface area contributed by atoms with Gasteiger partial charge in [0.2, 0.25) is 5.91 Å². The van der Waals surface area contributed by atoms with Crippen molar-refractivity contribution in [1.29, 1.82) is 0 Å². The van der Waals surface area contributed by atoms with E-state index >= 15 is 0 Å². The lowest BCUT2D eigenvalue weighted by Gasteiger charge is -2.57. The van der Waals surface area contributed by atoms with Crippen LogP contribution in [-0.4, -0.2) is 68.4 Å². The van der Waals surface area contributed by atoms with Crippen LogP contribution in [0.5, 0.6) is 0 Å². The molecule has 23 heavy (non-hydrogen) atoms. The zero-order valence-electron chi connectivity index (χ0n) is 15.1. The maximum absolute atomic E-state index is 12.7. The third-order valence-corrected chi connectivity index (χ3v) is 5.82. The van der Waals surface area contributed by atoms with Gasteiger partial charge in [-0.05, 0) is 26.3 Å². The first-order valence-electron chi connectivity index (χ1n) is 8.78. The lowest BCUT2D eigenvalue weighted by atomic mass is 9.54. The molecule has 2 aliphatic rings. The van der Waals surface area contributed by atoms with Crippen molar-refractivity contribution in [3.05, 3.63) is 0 Å². The predicted molar refractivity (Wildman–Crippen MR) is 90.2 cm³/mol. The molecule has 2 fully saturated rings. The average molecular weight is 327 g/mol. The van der Waals surface area contributed by atoms with Gasteiger partial charge >= 0.3 is 0 Å². The quantitative estimate of drug-likeness (QED) is 0.688. The lowest BCUT2D eigenvalue weighted by molar-refractivity contribution is -0.170. The summed E-state index contributed by atoms with van der Waals surface area (Å²) in [5.41, 5.74) is 5.25. The van der Waals surface area contributed by atoms with Crippen LogP contribution in [-0.2, 0) is 14.3 Å². The first-order valence-corrected chi connectivity index (χ1v) is 8.78. The summed E-state index contributed by atoms with van der Waals surface area (Å²) >= 11 is 0. The Balaban J connectivity index is 1.85. The summed E-state index contributed by atoms with van der Waals surface area (Å²) in [6.45, 7) is 10.1. The summed E-state index contributed by atoms with van der Waals surface area (Å²) in [6.07, 6.45) is 2.95. The van der Waals surface area contributed by atoms with Gasteiger partial charge in [-0.3, -0.25) is 9.69 Å². The Morgan fingerprint density at radius 1 is 1.43 bits per heavy atom. The summed E-state index contributed by atoms with van der Waals surface area (Å²) < 4.78 is 10.9. The number of nitrogens with zero attached hydrogens (tertiary/aromatic N) is 1.